The van der Waals surface area contributed by atoms with Gasteiger partial charge in [-0.1, -0.05) is 30.3 Å². The van der Waals surface area contributed by atoms with Crippen molar-refractivity contribution in [1.82, 2.24) is 14.8 Å². The number of likely N-dealkylation sites (N-methyl/N-ethyl adjacent to an activating group) is 1. The van der Waals surface area contributed by atoms with Crippen molar-refractivity contribution in [3.05, 3.63) is 102 Å². The van der Waals surface area contributed by atoms with E-state index in [1.807, 2.05) is 35.4 Å². The maximum absolute atomic E-state index is 13.3. The molecule has 2 aromatic carbocycles. The van der Waals surface area contributed by atoms with Gasteiger partial charge in [0.1, 0.15) is 17.7 Å². The van der Waals surface area contributed by atoms with E-state index in [1.165, 1.54) is 23.8 Å². The maximum atomic E-state index is 13.3. The zero-order valence-corrected chi connectivity index (χ0v) is 20.1. The van der Waals surface area contributed by atoms with Gasteiger partial charge in [-0.3, -0.25) is 9.78 Å². The van der Waals surface area contributed by atoms with Crippen LogP contribution in [0.2, 0.25) is 0 Å². The molecule has 0 unspecified atom stereocenters. The molecule has 0 saturated carbocycles. The molecule has 1 saturated heterocycles. The van der Waals surface area contributed by atoms with Crippen molar-refractivity contribution in [2.24, 2.45) is 0 Å². The van der Waals surface area contributed by atoms with Gasteiger partial charge in [-0.2, -0.15) is 0 Å². The second-order valence-electron chi connectivity index (χ2n) is 8.99. The SMILES string of the molecule is CN(CCc1ccccn1)Cc1cccc(OC2CCN(C(=O)/C=C/c3cccc(F)c3)CC2)c1. The van der Waals surface area contributed by atoms with Gasteiger partial charge in [-0.05, 0) is 60.6 Å². The van der Waals surface area contributed by atoms with Crippen molar-refractivity contribution < 1.29 is 13.9 Å². The summed E-state index contributed by atoms with van der Waals surface area (Å²) in [5, 5.41) is 0. The Hall–Kier alpha value is -3.51. The van der Waals surface area contributed by atoms with E-state index in [4.69, 9.17) is 4.74 Å². The molecule has 1 aliphatic rings. The molecule has 1 aliphatic heterocycles. The van der Waals surface area contributed by atoms with Gasteiger partial charge < -0.3 is 14.5 Å². The van der Waals surface area contributed by atoms with Crippen molar-refractivity contribution in [1.29, 1.82) is 0 Å². The molecule has 0 radical (unpaired) electrons. The van der Waals surface area contributed by atoms with Crippen LogP contribution >= 0.6 is 0 Å². The highest BCUT2D eigenvalue weighted by atomic mass is 19.1. The van der Waals surface area contributed by atoms with Gasteiger partial charge in [0.2, 0.25) is 5.91 Å². The van der Waals surface area contributed by atoms with E-state index < -0.39 is 0 Å². The quantitative estimate of drug-likeness (QED) is 0.411. The van der Waals surface area contributed by atoms with Crippen LogP contribution in [0.25, 0.3) is 6.08 Å². The number of amides is 1. The molecule has 2 heterocycles. The summed E-state index contributed by atoms with van der Waals surface area (Å²) >= 11 is 0. The Balaban J connectivity index is 1.22. The van der Waals surface area contributed by atoms with Crippen molar-refractivity contribution >= 4 is 12.0 Å². The third-order valence-corrected chi connectivity index (χ3v) is 6.15. The van der Waals surface area contributed by atoms with Crippen LogP contribution in [0.3, 0.4) is 0 Å². The molecular weight excluding hydrogens is 441 g/mol. The van der Waals surface area contributed by atoms with E-state index >= 15 is 0 Å². The third kappa shape index (κ3) is 7.76. The largest absolute Gasteiger partial charge is 0.490 e. The molecule has 6 heteroatoms. The van der Waals surface area contributed by atoms with Crippen LogP contribution < -0.4 is 4.74 Å². The smallest absolute Gasteiger partial charge is 0.246 e. The molecule has 1 amide bonds. The summed E-state index contributed by atoms with van der Waals surface area (Å²) < 4.78 is 19.6. The minimum atomic E-state index is -0.308. The average molecular weight is 474 g/mol. The zero-order valence-electron chi connectivity index (χ0n) is 20.1. The molecular formula is C29H32FN3O2. The Morgan fingerprint density at radius 1 is 1.11 bits per heavy atom. The number of carbonyl (C=O) groups is 1. The van der Waals surface area contributed by atoms with Gasteiger partial charge in [-0.15, -0.1) is 0 Å². The van der Waals surface area contributed by atoms with Crippen molar-refractivity contribution in [3.63, 3.8) is 0 Å². The lowest BCUT2D eigenvalue weighted by Gasteiger charge is -2.31. The van der Waals surface area contributed by atoms with E-state index in [0.717, 1.165) is 43.8 Å². The minimum Gasteiger partial charge on any atom is -0.490 e. The summed E-state index contributed by atoms with van der Waals surface area (Å²) in [5.74, 6) is 0.512. The number of halogens is 1. The van der Waals surface area contributed by atoms with E-state index in [9.17, 15) is 9.18 Å². The Bertz CT molecular complexity index is 1130. The summed E-state index contributed by atoms with van der Waals surface area (Å²) in [6.45, 7) is 3.07. The first-order valence-electron chi connectivity index (χ1n) is 12.1. The number of nitrogens with zero attached hydrogens (tertiary/aromatic N) is 3. The lowest BCUT2D eigenvalue weighted by Crippen LogP contribution is -2.41. The number of likely N-dealkylation sites (tertiary alicyclic amines) is 1. The number of hydrogen-bond acceptors (Lipinski definition) is 4. The Morgan fingerprint density at radius 2 is 1.94 bits per heavy atom. The number of hydrogen-bond donors (Lipinski definition) is 0. The van der Waals surface area contributed by atoms with Crippen molar-refractivity contribution in [3.8, 4) is 5.75 Å². The monoisotopic (exact) mass is 473 g/mol. The average Bonchev–Trinajstić information content (AvgIpc) is 2.87. The van der Waals surface area contributed by atoms with E-state index in [0.29, 0.717) is 18.7 Å². The predicted octanol–water partition coefficient (Wildman–Crippen LogP) is 4.98. The topological polar surface area (TPSA) is 45.7 Å². The number of piperidine rings is 1. The lowest BCUT2D eigenvalue weighted by atomic mass is 10.1. The fourth-order valence-electron chi connectivity index (χ4n) is 4.23. The molecule has 0 aliphatic carbocycles. The molecule has 0 atom stereocenters. The van der Waals surface area contributed by atoms with Crippen LogP contribution in [-0.2, 0) is 17.8 Å². The van der Waals surface area contributed by atoms with Gasteiger partial charge in [-0.25, -0.2) is 4.39 Å². The van der Waals surface area contributed by atoms with Gasteiger partial charge in [0.25, 0.3) is 0 Å². The third-order valence-electron chi connectivity index (χ3n) is 6.15. The van der Waals surface area contributed by atoms with Crippen molar-refractivity contribution in [2.45, 2.75) is 31.9 Å². The Morgan fingerprint density at radius 3 is 2.71 bits per heavy atom. The number of carbonyl (C=O) groups excluding carboxylic acids is 1. The molecule has 1 fully saturated rings. The molecule has 0 bridgehead atoms. The summed E-state index contributed by atoms with van der Waals surface area (Å²) in [6, 6.07) is 20.5. The number of aromatic nitrogens is 1. The fraction of sp³-hybridized carbons (Fsp3) is 0.310. The molecule has 0 spiro atoms. The number of benzene rings is 2. The zero-order chi connectivity index (χ0) is 24.5. The molecule has 3 aromatic rings. The van der Waals surface area contributed by atoms with Gasteiger partial charge in [0.05, 0.1) is 0 Å². The molecule has 1 aromatic heterocycles. The molecule has 0 N–H and O–H groups in total. The minimum absolute atomic E-state index is 0.0524. The standard InChI is InChI=1S/C29H32FN3O2/c1-32(17-13-26-9-2-3-16-31-26)22-24-7-5-10-28(21-24)35-27-14-18-33(19-15-27)29(34)12-11-23-6-4-8-25(30)20-23/h2-12,16,20-21,27H,13-15,17-19,22H2,1H3/b12-11+. The van der Waals surface area contributed by atoms with Crippen LogP contribution in [-0.4, -0.2) is 53.5 Å². The normalized spacial score (nSPS) is 14.5. The summed E-state index contributed by atoms with van der Waals surface area (Å²) in [6.07, 6.45) is 7.59. The van der Waals surface area contributed by atoms with Gasteiger partial charge >= 0.3 is 0 Å². The fourth-order valence-corrected chi connectivity index (χ4v) is 4.23. The first kappa shape index (κ1) is 24.6. The van der Waals surface area contributed by atoms with E-state index in [2.05, 4.69) is 35.1 Å². The van der Waals surface area contributed by atoms with Gasteiger partial charge in [0.15, 0.2) is 0 Å². The second-order valence-corrected chi connectivity index (χ2v) is 8.99. The first-order valence-corrected chi connectivity index (χ1v) is 12.1. The summed E-state index contributed by atoms with van der Waals surface area (Å²) in [7, 11) is 2.12. The predicted molar refractivity (Wildman–Crippen MR) is 136 cm³/mol. The molecule has 182 valence electrons. The lowest BCUT2D eigenvalue weighted by molar-refractivity contribution is -0.127. The Kier molecular flexibility index (Phi) is 8.63. The summed E-state index contributed by atoms with van der Waals surface area (Å²) in [5.41, 5.74) is 2.99. The van der Waals surface area contributed by atoms with E-state index in [-0.39, 0.29) is 17.8 Å². The summed E-state index contributed by atoms with van der Waals surface area (Å²) in [4.78, 5) is 21.0. The number of rotatable bonds is 9. The van der Waals surface area contributed by atoms with Crippen molar-refractivity contribution in [2.75, 3.05) is 26.7 Å². The Labute approximate surface area is 206 Å². The van der Waals surface area contributed by atoms with Gasteiger partial charge in [0, 0.05) is 63.4 Å². The van der Waals surface area contributed by atoms with Crippen LogP contribution in [0, 0.1) is 5.82 Å². The molecule has 4 rings (SSSR count). The van der Waals surface area contributed by atoms with E-state index in [1.54, 1.807) is 18.2 Å². The number of ether oxygens (including phenoxy) is 1. The molecule has 5 nitrogen and oxygen atoms in total. The maximum Gasteiger partial charge on any atom is 0.246 e. The molecule has 35 heavy (non-hydrogen) atoms. The second kappa shape index (κ2) is 12.3. The van der Waals surface area contributed by atoms with Crippen LogP contribution in [0.1, 0.15) is 29.7 Å². The highest BCUT2D eigenvalue weighted by molar-refractivity contribution is 5.91. The van der Waals surface area contributed by atoms with Crippen LogP contribution in [0.15, 0.2) is 79.0 Å². The number of pyridine rings is 1. The van der Waals surface area contributed by atoms with Crippen LogP contribution in [0.5, 0.6) is 5.75 Å². The van der Waals surface area contributed by atoms with Crippen LogP contribution in [0.4, 0.5) is 4.39 Å². The highest BCUT2D eigenvalue weighted by Gasteiger charge is 2.23. The highest BCUT2D eigenvalue weighted by Crippen LogP contribution is 2.21. The first-order chi connectivity index (χ1) is 17.0.